The summed E-state index contributed by atoms with van der Waals surface area (Å²) in [5, 5.41) is 17.8. The number of anilines is 1. The average molecular weight is 499 g/mol. The molecular weight excluding hydrogens is 467 g/mol. The standard InChI is InChI=1S/C27H30N4O4.Na.H/c1-19-13-15-29-24(16-19)28-14-5-8-25(32)30-18-26(33)31-23(17-27(34)35)22-11-9-21(10-12-22)20-6-3-2-4-7-20;;/h2-4,6-7,9-13,15-16,23H,5,8,14,17-18H2,1H3,(H,28,29)(H,30,32)(H,31,33)(H,34,35);;/q;+1;-1. The molecule has 4 N–H and O–H groups in total. The van der Waals surface area contributed by atoms with Crippen LogP contribution in [-0.4, -0.2) is 41.0 Å². The Morgan fingerprint density at radius 3 is 2.33 bits per heavy atom. The second-order valence-corrected chi connectivity index (χ2v) is 8.23. The van der Waals surface area contributed by atoms with E-state index in [0.717, 1.165) is 22.5 Å². The number of carbonyl (C=O) groups excluding carboxylic acids is 2. The number of carboxylic acid groups (broad SMARTS) is 1. The molecule has 0 bridgehead atoms. The summed E-state index contributed by atoms with van der Waals surface area (Å²) in [6.45, 7) is 2.34. The number of aryl methyl sites for hydroxylation is 1. The zero-order chi connectivity index (χ0) is 25.0. The monoisotopic (exact) mass is 498 g/mol. The van der Waals surface area contributed by atoms with Crippen LogP contribution in [0.4, 0.5) is 5.82 Å². The molecule has 0 radical (unpaired) electrons. The van der Waals surface area contributed by atoms with Crippen molar-refractivity contribution in [2.45, 2.75) is 32.2 Å². The summed E-state index contributed by atoms with van der Waals surface area (Å²) in [7, 11) is 0. The van der Waals surface area contributed by atoms with Gasteiger partial charge in [-0.2, -0.15) is 0 Å². The minimum Gasteiger partial charge on any atom is -1.00 e. The van der Waals surface area contributed by atoms with Crippen molar-refractivity contribution in [1.82, 2.24) is 15.6 Å². The van der Waals surface area contributed by atoms with Crippen molar-refractivity contribution in [3.8, 4) is 11.1 Å². The van der Waals surface area contributed by atoms with E-state index in [2.05, 4.69) is 20.9 Å². The second kappa shape index (κ2) is 15.0. The van der Waals surface area contributed by atoms with E-state index in [1.54, 1.807) is 6.20 Å². The molecule has 8 nitrogen and oxygen atoms in total. The first-order chi connectivity index (χ1) is 16.9. The van der Waals surface area contributed by atoms with Gasteiger partial charge in [0, 0.05) is 19.2 Å². The third-order valence-corrected chi connectivity index (χ3v) is 5.38. The Kier molecular flexibility index (Phi) is 12.1. The maximum Gasteiger partial charge on any atom is 1.00 e. The molecule has 0 spiro atoms. The number of pyridine rings is 1. The molecule has 0 aliphatic heterocycles. The topological polar surface area (TPSA) is 120 Å². The van der Waals surface area contributed by atoms with Crippen LogP contribution in [0.3, 0.4) is 0 Å². The van der Waals surface area contributed by atoms with E-state index in [0.29, 0.717) is 18.5 Å². The van der Waals surface area contributed by atoms with E-state index in [4.69, 9.17) is 0 Å². The van der Waals surface area contributed by atoms with E-state index < -0.39 is 17.9 Å². The molecule has 9 heteroatoms. The van der Waals surface area contributed by atoms with Crippen LogP contribution in [0.5, 0.6) is 0 Å². The summed E-state index contributed by atoms with van der Waals surface area (Å²) in [6.07, 6.45) is 2.30. The molecule has 2 aromatic carbocycles. The van der Waals surface area contributed by atoms with Crippen LogP contribution >= 0.6 is 0 Å². The molecule has 0 aliphatic rings. The molecule has 1 heterocycles. The van der Waals surface area contributed by atoms with E-state index in [1.165, 1.54) is 0 Å². The average Bonchev–Trinajstić information content (AvgIpc) is 2.85. The Bertz CT molecular complexity index is 1150. The molecule has 3 rings (SSSR count). The fourth-order valence-corrected chi connectivity index (χ4v) is 3.58. The smallest absolute Gasteiger partial charge is 1.00 e. The summed E-state index contributed by atoms with van der Waals surface area (Å²) in [6, 6.07) is 20.4. The van der Waals surface area contributed by atoms with Crippen LogP contribution in [0.1, 0.15) is 37.9 Å². The van der Waals surface area contributed by atoms with Gasteiger partial charge in [-0.15, -0.1) is 0 Å². The van der Waals surface area contributed by atoms with Gasteiger partial charge in [0.25, 0.3) is 0 Å². The van der Waals surface area contributed by atoms with Crippen molar-refractivity contribution in [3.05, 3.63) is 84.1 Å². The molecular formula is C27H31N4NaO4. The number of hydrogen-bond donors (Lipinski definition) is 4. The number of rotatable bonds is 12. The Balaban J connectivity index is 0.00000342. The van der Waals surface area contributed by atoms with Gasteiger partial charge in [0.1, 0.15) is 5.82 Å². The van der Waals surface area contributed by atoms with E-state index in [9.17, 15) is 19.5 Å². The number of benzene rings is 2. The predicted octanol–water partition coefficient (Wildman–Crippen LogP) is 0.814. The zero-order valence-corrected chi connectivity index (χ0v) is 22.7. The largest absolute Gasteiger partial charge is 1.00 e. The van der Waals surface area contributed by atoms with Crippen LogP contribution < -0.4 is 45.5 Å². The normalized spacial score (nSPS) is 11.0. The quantitative estimate of drug-likeness (QED) is 0.217. The van der Waals surface area contributed by atoms with Crippen LogP contribution in [0.2, 0.25) is 0 Å². The van der Waals surface area contributed by atoms with E-state index in [1.807, 2.05) is 73.7 Å². The molecule has 1 atom stereocenters. The third-order valence-electron chi connectivity index (χ3n) is 5.38. The number of hydrogen-bond acceptors (Lipinski definition) is 5. The van der Waals surface area contributed by atoms with Crippen LogP contribution in [0.25, 0.3) is 11.1 Å². The Labute approximate surface area is 234 Å². The molecule has 1 unspecified atom stereocenters. The van der Waals surface area contributed by atoms with Crippen LogP contribution in [0, 0.1) is 6.92 Å². The van der Waals surface area contributed by atoms with Crippen molar-refractivity contribution >= 4 is 23.6 Å². The van der Waals surface area contributed by atoms with Gasteiger partial charge < -0.3 is 22.5 Å². The first-order valence-electron chi connectivity index (χ1n) is 11.5. The van der Waals surface area contributed by atoms with Gasteiger partial charge in [-0.05, 0) is 47.7 Å². The number of nitrogens with one attached hydrogen (secondary N) is 3. The summed E-state index contributed by atoms with van der Waals surface area (Å²) in [5.41, 5.74) is 3.82. The second-order valence-electron chi connectivity index (χ2n) is 8.23. The van der Waals surface area contributed by atoms with Gasteiger partial charge in [-0.1, -0.05) is 54.6 Å². The van der Waals surface area contributed by atoms with Gasteiger partial charge >= 0.3 is 35.5 Å². The predicted molar refractivity (Wildman–Crippen MR) is 136 cm³/mol. The molecule has 0 aliphatic carbocycles. The van der Waals surface area contributed by atoms with Gasteiger partial charge in [0.05, 0.1) is 19.0 Å². The van der Waals surface area contributed by atoms with Crippen molar-refractivity contribution in [2.75, 3.05) is 18.4 Å². The van der Waals surface area contributed by atoms with E-state index >= 15 is 0 Å². The number of amides is 2. The number of aliphatic carboxylic acids is 1. The SMILES string of the molecule is Cc1ccnc(NCCCC(=O)NCC(=O)NC(CC(=O)O)c2ccc(-c3ccccc3)cc2)c1.[H-].[Na+]. The summed E-state index contributed by atoms with van der Waals surface area (Å²) in [4.78, 5) is 40.1. The van der Waals surface area contributed by atoms with E-state index in [-0.39, 0.29) is 56.3 Å². The molecule has 0 fully saturated rings. The number of carboxylic acids is 1. The molecule has 0 saturated carbocycles. The molecule has 184 valence electrons. The molecule has 0 saturated heterocycles. The van der Waals surface area contributed by atoms with Crippen molar-refractivity contribution < 1.29 is 50.5 Å². The van der Waals surface area contributed by atoms with Crippen molar-refractivity contribution in [3.63, 3.8) is 0 Å². The van der Waals surface area contributed by atoms with Gasteiger partial charge in [-0.3, -0.25) is 14.4 Å². The molecule has 3 aromatic rings. The van der Waals surface area contributed by atoms with Gasteiger partial charge in [0.2, 0.25) is 11.8 Å². The first-order valence-corrected chi connectivity index (χ1v) is 11.5. The number of nitrogens with zero attached hydrogens (tertiary/aromatic N) is 1. The van der Waals surface area contributed by atoms with Gasteiger partial charge in [0.15, 0.2) is 0 Å². The maximum absolute atomic E-state index is 12.4. The molecule has 2 amide bonds. The number of carbonyl (C=O) groups is 3. The summed E-state index contributed by atoms with van der Waals surface area (Å²) >= 11 is 0. The minimum atomic E-state index is -1.03. The Morgan fingerprint density at radius 2 is 1.67 bits per heavy atom. The number of aromatic nitrogens is 1. The molecule has 1 aromatic heterocycles. The summed E-state index contributed by atoms with van der Waals surface area (Å²) < 4.78 is 0. The fraction of sp³-hybridized carbons (Fsp3) is 0.259. The third kappa shape index (κ3) is 9.81. The van der Waals surface area contributed by atoms with Gasteiger partial charge in [-0.25, -0.2) is 4.98 Å². The van der Waals surface area contributed by atoms with Crippen LogP contribution in [0.15, 0.2) is 72.9 Å². The fourth-order valence-electron chi connectivity index (χ4n) is 3.58. The summed E-state index contributed by atoms with van der Waals surface area (Å²) in [5.74, 6) is -0.965. The molecule has 36 heavy (non-hydrogen) atoms. The van der Waals surface area contributed by atoms with Crippen molar-refractivity contribution in [2.24, 2.45) is 0 Å². The van der Waals surface area contributed by atoms with Crippen molar-refractivity contribution in [1.29, 1.82) is 0 Å². The minimum absolute atomic E-state index is 0. The Hall–Kier alpha value is -3.20. The van der Waals surface area contributed by atoms with Crippen LogP contribution in [-0.2, 0) is 14.4 Å². The Morgan fingerprint density at radius 1 is 0.972 bits per heavy atom. The first kappa shape index (κ1) is 29.0. The maximum atomic E-state index is 12.4. The zero-order valence-electron chi connectivity index (χ0n) is 21.7.